The molecule has 1 N–H and O–H groups in total. The molecule has 0 heterocycles. The molecule has 0 aromatic carbocycles. The SMILES string of the molecule is CNC(C)(C)C(=O)I. The molecule has 0 aliphatic carbocycles. The van der Waals surface area contributed by atoms with Gasteiger partial charge in [0.05, 0.1) is 5.54 Å². The first-order chi connectivity index (χ1) is 3.50. The highest BCUT2D eigenvalue weighted by Crippen LogP contribution is 2.06. The van der Waals surface area contributed by atoms with Crippen molar-refractivity contribution < 1.29 is 4.79 Å². The van der Waals surface area contributed by atoms with Gasteiger partial charge in [0.15, 0.2) is 0 Å². The summed E-state index contributed by atoms with van der Waals surface area (Å²) in [5.74, 6) is 0. The summed E-state index contributed by atoms with van der Waals surface area (Å²) in [7, 11) is 1.77. The smallest absolute Gasteiger partial charge is 0.211 e. The summed E-state index contributed by atoms with van der Waals surface area (Å²) in [6.07, 6.45) is 0. The van der Waals surface area contributed by atoms with Crippen LogP contribution < -0.4 is 5.32 Å². The highest BCUT2D eigenvalue weighted by Gasteiger charge is 2.21. The van der Waals surface area contributed by atoms with Crippen LogP contribution in [-0.4, -0.2) is 16.4 Å². The molecule has 0 aromatic heterocycles. The van der Waals surface area contributed by atoms with Crippen LogP contribution in [0.1, 0.15) is 13.8 Å². The van der Waals surface area contributed by atoms with Crippen LogP contribution in [0.3, 0.4) is 0 Å². The van der Waals surface area contributed by atoms with Gasteiger partial charge in [-0.15, -0.1) is 0 Å². The van der Waals surface area contributed by atoms with E-state index in [4.69, 9.17) is 0 Å². The first-order valence-corrected chi connectivity index (χ1v) is 3.47. The Morgan fingerprint density at radius 2 is 2.00 bits per heavy atom. The highest BCUT2D eigenvalue weighted by molar-refractivity contribution is 14.1. The molecule has 0 aliphatic rings. The van der Waals surface area contributed by atoms with Gasteiger partial charge >= 0.3 is 0 Å². The number of carbonyl (C=O) groups is 1. The predicted molar refractivity (Wildman–Crippen MR) is 42.2 cm³/mol. The summed E-state index contributed by atoms with van der Waals surface area (Å²) in [4.78, 5) is 10.6. The summed E-state index contributed by atoms with van der Waals surface area (Å²) in [6.45, 7) is 3.70. The molecule has 48 valence electrons. The maximum Gasteiger partial charge on any atom is 0.211 e. The van der Waals surface area contributed by atoms with E-state index < -0.39 is 0 Å². The van der Waals surface area contributed by atoms with Crippen LogP contribution in [0, 0.1) is 0 Å². The minimum absolute atomic E-state index is 0.137. The van der Waals surface area contributed by atoms with Crippen LogP contribution in [-0.2, 0) is 4.79 Å². The molecule has 0 spiro atoms. The number of likely N-dealkylation sites (N-methyl/N-ethyl adjacent to an activating group) is 1. The Morgan fingerprint density at radius 1 is 1.62 bits per heavy atom. The van der Waals surface area contributed by atoms with Gasteiger partial charge in [-0.2, -0.15) is 0 Å². The van der Waals surface area contributed by atoms with E-state index in [1.165, 1.54) is 0 Å². The summed E-state index contributed by atoms with van der Waals surface area (Å²) >= 11 is 1.78. The van der Waals surface area contributed by atoms with Gasteiger partial charge in [-0.1, -0.05) is 0 Å². The van der Waals surface area contributed by atoms with Crippen molar-refractivity contribution in [2.24, 2.45) is 0 Å². The van der Waals surface area contributed by atoms with Crippen molar-refractivity contribution in [1.29, 1.82) is 0 Å². The zero-order chi connectivity index (χ0) is 6.78. The van der Waals surface area contributed by atoms with Crippen LogP contribution >= 0.6 is 22.6 Å². The van der Waals surface area contributed by atoms with Crippen LogP contribution in [0.5, 0.6) is 0 Å². The number of hydrogen-bond acceptors (Lipinski definition) is 2. The number of nitrogens with one attached hydrogen (secondary N) is 1. The third-order valence-electron chi connectivity index (χ3n) is 1.12. The van der Waals surface area contributed by atoms with E-state index in [2.05, 4.69) is 5.32 Å². The van der Waals surface area contributed by atoms with Crippen molar-refractivity contribution in [3.8, 4) is 0 Å². The van der Waals surface area contributed by atoms with Gasteiger partial charge in [0, 0.05) is 22.6 Å². The third kappa shape index (κ3) is 2.09. The molecule has 0 aromatic rings. The van der Waals surface area contributed by atoms with Gasteiger partial charge in [0.25, 0.3) is 0 Å². The summed E-state index contributed by atoms with van der Waals surface area (Å²) in [5.41, 5.74) is -0.361. The number of hydrogen-bond donors (Lipinski definition) is 1. The number of halogens is 1. The largest absolute Gasteiger partial charge is 0.308 e. The molecule has 0 unspecified atom stereocenters. The molecule has 3 heteroatoms. The van der Waals surface area contributed by atoms with Gasteiger partial charge in [-0.3, -0.25) is 4.79 Å². The van der Waals surface area contributed by atoms with E-state index in [1.807, 2.05) is 13.8 Å². The quantitative estimate of drug-likeness (QED) is 0.562. The Morgan fingerprint density at radius 3 is 2.00 bits per heavy atom. The molecule has 0 saturated heterocycles. The van der Waals surface area contributed by atoms with E-state index >= 15 is 0 Å². The standard InChI is InChI=1S/C5H10INO/c1-5(2,7-3)4(6)8/h7H,1-3H3. The van der Waals surface area contributed by atoms with Crippen molar-refractivity contribution in [3.63, 3.8) is 0 Å². The normalized spacial score (nSPS) is 11.5. The zero-order valence-electron chi connectivity index (χ0n) is 5.29. The maximum absolute atomic E-state index is 10.6. The van der Waals surface area contributed by atoms with E-state index in [1.54, 1.807) is 29.6 Å². The molecule has 0 fully saturated rings. The maximum atomic E-state index is 10.6. The fourth-order valence-electron chi connectivity index (χ4n) is 0.0983. The molecule has 0 amide bonds. The molecule has 0 bridgehead atoms. The van der Waals surface area contributed by atoms with Crippen LogP contribution in [0.15, 0.2) is 0 Å². The zero-order valence-corrected chi connectivity index (χ0v) is 7.44. The lowest BCUT2D eigenvalue weighted by Gasteiger charge is -2.17. The Balaban J connectivity index is 3.91. The van der Waals surface area contributed by atoms with Crippen molar-refractivity contribution in [3.05, 3.63) is 0 Å². The van der Waals surface area contributed by atoms with E-state index in [-0.39, 0.29) is 9.33 Å². The van der Waals surface area contributed by atoms with Crippen LogP contribution in [0.2, 0.25) is 0 Å². The topological polar surface area (TPSA) is 29.1 Å². The van der Waals surface area contributed by atoms with Crippen molar-refractivity contribution in [2.75, 3.05) is 7.05 Å². The average molecular weight is 227 g/mol. The van der Waals surface area contributed by atoms with Crippen LogP contribution in [0.4, 0.5) is 0 Å². The third-order valence-corrected chi connectivity index (χ3v) is 2.46. The Labute approximate surface area is 63.2 Å². The van der Waals surface area contributed by atoms with Crippen molar-refractivity contribution in [1.82, 2.24) is 5.32 Å². The fraction of sp³-hybridized carbons (Fsp3) is 0.800. The van der Waals surface area contributed by atoms with Crippen molar-refractivity contribution >= 4 is 26.4 Å². The second-order valence-electron chi connectivity index (χ2n) is 2.15. The minimum atomic E-state index is -0.361. The van der Waals surface area contributed by atoms with E-state index in [0.717, 1.165) is 0 Å². The fourth-order valence-corrected chi connectivity index (χ4v) is 0.368. The predicted octanol–water partition coefficient (Wildman–Crippen LogP) is 0.946. The molecule has 0 saturated carbocycles. The first-order valence-electron chi connectivity index (χ1n) is 2.39. The molecule has 0 aliphatic heterocycles. The Bertz CT molecular complexity index is 101. The molecule has 0 radical (unpaired) electrons. The monoisotopic (exact) mass is 227 g/mol. The summed E-state index contributed by atoms with van der Waals surface area (Å²) in [6, 6.07) is 0. The van der Waals surface area contributed by atoms with Crippen LogP contribution in [0.25, 0.3) is 0 Å². The van der Waals surface area contributed by atoms with Gasteiger partial charge in [-0.25, -0.2) is 0 Å². The lowest BCUT2D eigenvalue weighted by molar-refractivity contribution is -0.113. The lowest BCUT2D eigenvalue weighted by atomic mass is 10.1. The summed E-state index contributed by atoms with van der Waals surface area (Å²) < 4.78 is 0.137. The Kier molecular flexibility index (Phi) is 2.90. The average Bonchev–Trinajstić information content (AvgIpc) is 1.67. The highest BCUT2D eigenvalue weighted by atomic mass is 127. The molecule has 8 heavy (non-hydrogen) atoms. The molecular formula is C5H10INO. The molecule has 2 nitrogen and oxygen atoms in total. The Hall–Kier alpha value is 0.360. The lowest BCUT2D eigenvalue weighted by Crippen LogP contribution is -2.41. The second kappa shape index (κ2) is 2.77. The summed E-state index contributed by atoms with van der Waals surface area (Å²) in [5, 5.41) is 2.88. The van der Waals surface area contributed by atoms with Gasteiger partial charge < -0.3 is 5.32 Å². The van der Waals surface area contributed by atoms with Gasteiger partial charge in [0.1, 0.15) is 0 Å². The molecular weight excluding hydrogens is 217 g/mol. The van der Waals surface area contributed by atoms with Gasteiger partial charge in [-0.05, 0) is 20.9 Å². The first kappa shape index (κ1) is 8.36. The molecule has 0 atom stereocenters. The number of carbonyl (C=O) groups excluding carboxylic acids is 1. The van der Waals surface area contributed by atoms with E-state index in [9.17, 15) is 4.79 Å². The second-order valence-corrected chi connectivity index (χ2v) is 3.13. The minimum Gasteiger partial charge on any atom is -0.308 e. The van der Waals surface area contributed by atoms with Crippen molar-refractivity contribution in [2.45, 2.75) is 19.4 Å². The number of rotatable bonds is 2. The molecule has 0 rings (SSSR count). The van der Waals surface area contributed by atoms with Gasteiger partial charge in [0.2, 0.25) is 3.79 Å². The van der Waals surface area contributed by atoms with E-state index in [0.29, 0.717) is 0 Å².